The third-order valence-corrected chi connectivity index (χ3v) is 2.59. The molecule has 1 atom stereocenters. The SMILES string of the molecule is CCCC[C@H](N)C(=O)Nc1ccc(OCC(F)(F)F)nc1. The van der Waals surface area contributed by atoms with E-state index in [9.17, 15) is 18.0 Å². The van der Waals surface area contributed by atoms with Crippen LogP contribution in [0.15, 0.2) is 18.3 Å². The largest absolute Gasteiger partial charge is 0.468 e. The van der Waals surface area contributed by atoms with E-state index in [0.29, 0.717) is 12.1 Å². The van der Waals surface area contributed by atoms with Crippen molar-refractivity contribution in [2.24, 2.45) is 5.73 Å². The lowest BCUT2D eigenvalue weighted by Crippen LogP contribution is -2.35. The van der Waals surface area contributed by atoms with Crippen molar-refractivity contribution in [3.8, 4) is 5.88 Å². The molecule has 1 aromatic rings. The van der Waals surface area contributed by atoms with Crippen molar-refractivity contribution in [1.29, 1.82) is 0 Å². The van der Waals surface area contributed by atoms with Gasteiger partial charge in [0.25, 0.3) is 0 Å². The number of unbranched alkanes of at least 4 members (excludes halogenated alkanes) is 1. The molecular formula is C13H18F3N3O2. The van der Waals surface area contributed by atoms with E-state index in [0.717, 1.165) is 12.8 Å². The molecule has 0 aliphatic heterocycles. The van der Waals surface area contributed by atoms with Gasteiger partial charge in [0.2, 0.25) is 11.8 Å². The van der Waals surface area contributed by atoms with Gasteiger partial charge in [-0.2, -0.15) is 13.2 Å². The van der Waals surface area contributed by atoms with Crippen LogP contribution in [-0.2, 0) is 4.79 Å². The number of carbonyl (C=O) groups is 1. The Balaban J connectivity index is 2.49. The number of ether oxygens (including phenoxy) is 1. The van der Waals surface area contributed by atoms with E-state index < -0.39 is 18.8 Å². The molecule has 1 amide bonds. The molecule has 118 valence electrons. The van der Waals surface area contributed by atoms with E-state index >= 15 is 0 Å². The molecule has 0 aliphatic rings. The number of anilines is 1. The van der Waals surface area contributed by atoms with Crippen molar-refractivity contribution in [2.75, 3.05) is 11.9 Å². The van der Waals surface area contributed by atoms with Gasteiger partial charge in [0.1, 0.15) is 0 Å². The van der Waals surface area contributed by atoms with Crippen molar-refractivity contribution in [1.82, 2.24) is 4.98 Å². The third kappa shape index (κ3) is 6.94. The highest BCUT2D eigenvalue weighted by Crippen LogP contribution is 2.18. The van der Waals surface area contributed by atoms with Gasteiger partial charge in [0.05, 0.1) is 17.9 Å². The zero-order valence-corrected chi connectivity index (χ0v) is 11.6. The van der Waals surface area contributed by atoms with Crippen LogP contribution in [0.1, 0.15) is 26.2 Å². The van der Waals surface area contributed by atoms with Crippen LogP contribution >= 0.6 is 0 Å². The van der Waals surface area contributed by atoms with Gasteiger partial charge in [0.15, 0.2) is 6.61 Å². The Morgan fingerprint density at radius 3 is 2.71 bits per heavy atom. The Hall–Kier alpha value is -1.83. The molecule has 0 saturated carbocycles. The second kappa shape index (κ2) is 7.82. The Morgan fingerprint density at radius 2 is 2.19 bits per heavy atom. The van der Waals surface area contributed by atoms with Gasteiger partial charge in [-0.25, -0.2) is 4.98 Å². The lowest BCUT2D eigenvalue weighted by atomic mass is 10.1. The van der Waals surface area contributed by atoms with Gasteiger partial charge in [-0.1, -0.05) is 19.8 Å². The number of alkyl halides is 3. The summed E-state index contributed by atoms with van der Waals surface area (Å²) in [4.78, 5) is 15.4. The molecule has 1 heterocycles. The Morgan fingerprint density at radius 1 is 1.48 bits per heavy atom. The summed E-state index contributed by atoms with van der Waals surface area (Å²) in [6.07, 6.45) is -0.843. The predicted octanol–water partition coefficient (Wildman–Crippen LogP) is 2.48. The number of halogens is 3. The number of rotatable bonds is 7. The topological polar surface area (TPSA) is 77.2 Å². The quantitative estimate of drug-likeness (QED) is 0.811. The van der Waals surface area contributed by atoms with Crippen molar-refractivity contribution in [3.63, 3.8) is 0 Å². The fraction of sp³-hybridized carbons (Fsp3) is 0.538. The fourth-order valence-corrected chi connectivity index (χ4v) is 1.49. The second-order valence-corrected chi connectivity index (χ2v) is 4.53. The highest BCUT2D eigenvalue weighted by atomic mass is 19.4. The second-order valence-electron chi connectivity index (χ2n) is 4.53. The number of carbonyl (C=O) groups excluding carboxylic acids is 1. The summed E-state index contributed by atoms with van der Waals surface area (Å²) in [6, 6.07) is 2.04. The number of pyridine rings is 1. The number of nitrogens with two attached hydrogens (primary N) is 1. The highest BCUT2D eigenvalue weighted by Gasteiger charge is 2.28. The molecule has 0 bridgehead atoms. The molecule has 8 heteroatoms. The van der Waals surface area contributed by atoms with Gasteiger partial charge < -0.3 is 15.8 Å². The molecular weight excluding hydrogens is 287 g/mol. The lowest BCUT2D eigenvalue weighted by Gasteiger charge is -2.12. The minimum absolute atomic E-state index is 0.166. The number of hydrogen-bond acceptors (Lipinski definition) is 4. The molecule has 0 saturated heterocycles. The van der Waals surface area contributed by atoms with Crippen molar-refractivity contribution in [2.45, 2.75) is 38.4 Å². The minimum Gasteiger partial charge on any atom is -0.468 e. The van der Waals surface area contributed by atoms with E-state index in [1.54, 1.807) is 0 Å². The van der Waals surface area contributed by atoms with Crippen LogP contribution < -0.4 is 15.8 Å². The summed E-state index contributed by atoms with van der Waals surface area (Å²) in [5.74, 6) is -0.519. The van der Waals surface area contributed by atoms with Crippen LogP contribution in [0, 0.1) is 0 Å². The molecule has 0 unspecified atom stereocenters. The molecule has 0 aromatic carbocycles. The van der Waals surface area contributed by atoms with Gasteiger partial charge >= 0.3 is 6.18 Å². The number of nitrogens with one attached hydrogen (secondary N) is 1. The Bertz CT molecular complexity index is 449. The molecule has 5 nitrogen and oxygen atoms in total. The Kier molecular flexibility index (Phi) is 6.41. The first kappa shape index (κ1) is 17.2. The number of aromatic nitrogens is 1. The Labute approximate surface area is 120 Å². The normalized spacial score (nSPS) is 12.8. The number of hydrogen-bond donors (Lipinski definition) is 2. The lowest BCUT2D eigenvalue weighted by molar-refractivity contribution is -0.154. The van der Waals surface area contributed by atoms with E-state index in [4.69, 9.17) is 5.73 Å². The van der Waals surface area contributed by atoms with Crippen LogP contribution in [-0.4, -0.2) is 29.7 Å². The van der Waals surface area contributed by atoms with Gasteiger partial charge in [-0.05, 0) is 12.5 Å². The summed E-state index contributed by atoms with van der Waals surface area (Å²) in [5, 5.41) is 2.55. The van der Waals surface area contributed by atoms with Crippen LogP contribution in [0.2, 0.25) is 0 Å². The van der Waals surface area contributed by atoms with Crippen LogP contribution in [0.5, 0.6) is 5.88 Å². The van der Waals surface area contributed by atoms with E-state index in [1.807, 2.05) is 6.92 Å². The van der Waals surface area contributed by atoms with E-state index in [1.165, 1.54) is 18.3 Å². The summed E-state index contributed by atoms with van der Waals surface area (Å²) >= 11 is 0. The molecule has 0 spiro atoms. The third-order valence-electron chi connectivity index (χ3n) is 2.59. The van der Waals surface area contributed by atoms with Crippen molar-refractivity contribution in [3.05, 3.63) is 18.3 Å². The predicted molar refractivity (Wildman–Crippen MR) is 71.9 cm³/mol. The smallest absolute Gasteiger partial charge is 0.422 e. The summed E-state index contributed by atoms with van der Waals surface area (Å²) < 4.78 is 40.3. The summed E-state index contributed by atoms with van der Waals surface area (Å²) in [6.45, 7) is 0.585. The molecule has 21 heavy (non-hydrogen) atoms. The standard InChI is InChI=1S/C13H18F3N3O2/c1-2-3-4-10(17)12(20)19-9-5-6-11(18-7-9)21-8-13(14,15)16/h5-7,10H,2-4,8,17H2,1H3,(H,19,20)/t10-/m0/s1. The summed E-state index contributed by atoms with van der Waals surface area (Å²) in [5.41, 5.74) is 6.05. The van der Waals surface area contributed by atoms with Crippen LogP contribution in [0.4, 0.5) is 18.9 Å². The average molecular weight is 305 g/mol. The van der Waals surface area contributed by atoms with Gasteiger partial charge in [-0.3, -0.25) is 4.79 Å². The zero-order chi connectivity index (χ0) is 15.9. The molecule has 1 rings (SSSR count). The van der Waals surface area contributed by atoms with Crippen molar-refractivity contribution >= 4 is 11.6 Å². The monoisotopic (exact) mass is 305 g/mol. The molecule has 0 fully saturated rings. The maximum Gasteiger partial charge on any atom is 0.422 e. The summed E-state index contributed by atoms with van der Waals surface area (Å²) in [7, 11) is 0. The molecule has 1 aromatic heterocycles. The maximum absolute atomic E-state index is 12.0. The molecule has 3 N–H and O–H groups in total. The fourth-order valence-electron chi connectivity index (χ4n) is 1.49. The van der Waals surface area contributed by atoms with Crippen LogP contribution in [0.25, 0.3) is 0 Å². The van der Waals surface area contributed by atoms with Gasteiger partial charge in [-0.15, -0.1) is 0 Å². The minimum atomic E-state index is -4.42. The molecule has 0 aliphatic carbocycles. The number of amides is 1. The van der Waals surface area contributed by atoms with Gasteiger partial charge in [0, 0.05) is 6.07 Å². The zero-order valence-electron chi connectivity index (χ0n) is 11.6. The van der Waals surface area contributed by atoms with Crippen molar-refractivity contribution < 1.29 is 22.7 Å². The van der Waals surface area contributed by atoms with E-state index in [2.05, 4.69) is 15.0 Å². The first-order valence-corrected chi connectivity index (χ1v) is 6.54. The van der Waals surface area contributed by atoms with E-state index in [-0.39, 0.29) is 11.8 Å². The molecule has 0 radical (unpaired) electrons. The maximum atomic E-state index is 12.0. The average Bonchev–Trinajstić information content (AvgIpc) is 2.43. The first-order valence-electron chi connectivity index (χ1n) is 6.54. The number of nitrogens with zero attached hydrogens (tertiary/aromatic N) is 1. The highest BCUT2D eigenvalue weighted by molar-refractivity contribution is 5.94. The van der Waals surface area contributed by atoms with Crippen LogP contribution in [0.3, 0.4) is 0 Å². The first-order chi connectivity index (χ1) is 9.81.